The first-order valence-electron chi connectivity index (χ1n) is 9.40. The lowest BCUT2D eigenvalue weighted by Gasteiger charge is -2.15. The summed E-state index contributed by atoms with van der Waals surface area (Å²) in [6.07, 6.45) is -0.728. The van der Waals surface area contributed by atoms with Crippen molar-refractivity contribution in [3.05, 3.63) is 69.0 Å². The lowest BCUT2D eigenvalue weighted by Crippen LogP contribution is -2.40. The Bertz CT molecular complexity index is 1130. The van der Waals surface area contributed by atoms with E-state index in [0.29, 0.717) is 11.3 Å². The van der Waals surface area contributed by atoms with Gasteiger partial charge in [0, 0.05) is 35.3 Å². The number of nitrogens with zero attached hydrogens (tertiary/aromatic N) is 3. The third-order valence-corrected chi connectivity index (χ3v) is 4.62. The van der Waals surface area contributed by atoms with E-state index in [4.69, 9.17) is 9.26 Å². The Morgan fingerprint density at radius 2 is 1.94 bits per heavy atom. The maximum absolute atomic E-state index is 12.2. The zero-order chi connectivity index (χ0) is 23.1. The monoisotopic (exact) mass is 503 g/mol. The van der Waals surface area contributed by atoms with Crippen LogP contribution in [0, 0.1) is 10.1 Å². The number of carbonyl (C=O) groups is 2. The molecule has 0 bridgehead atoms. The summed E-state index contributed by atoms with van der Waals surface area (Å²) in [6.45, 7) is 1.88. The van der Waals surface area contributed by atoms with Crippen molar-refractivity contribution in [2.24, 2.45) is 0 Å². The van der Waals surface area contributed by atoms with Crippen LogP contribution in [0.15, 0.2) is 57.5 Å². The number of non-ortho nitro benzene ring substituents is 1. The number of nitro benzene ring substituents is 1. The summed E-state index contributed by atoms with van der Waals surface area (Å²) < 4.78 is 11.3. The molecule has 2 N–H and O–H groups in total. The molecule has 11 nitrogen and oxygen atoms in total. The molecular weight excluding hydrogens is 486 g/mol. The van der Waals surface area contributed by atoms with Crippen LogP contribution in [-0.4, -0.2) is 46.1 Å². The molecule has 32 heavy (non-hydrogen) atoms. The molecular formula is C20H18BrN5O6. The van der Waals surface area contributed by atoms with Gasteiger partial charge in [-0.3, -0.25) is 19.7 Å². The number of rotatable bonds is 9. The van der Waals surface area contributed by atoms with E-state index in [2.05, 4.69) is 36.7 Å². The van der Waals surface area contributed by atoms with Crippen molar-refractivity contribution in [2.75, 3.05) is 13.1 Å². The Hall–Kier alpha value is -3.80. The van der Waals surface area contributed by atoms with E-state index in [1.807, 2.05) is 6.07 Å². The van der Waals surface area contributed by atoms with Crippen LogP contribution in [0.5, 0.6) is 5.75 Å². The van der Waals surface area contributed by atoms with E-state index in [9.17, 15) is 19.7 Å². The molecule has 0 saturated carbocycles. The standard InChI is InChI=1S/C20H18BrN5O6/c1-12(31-16-7-3-5-14(21)11-16)18(27)22-8-9-23-19(28)20-24-17(25-32-20)13-4-2-6-15(10-13)26(29)30/h2-7,10-12H,8-9H2,1H3,(H,22,27)(H,23,28). The van der Waals surface area contributed by atoms with Crippen LogP contribution in [0.4, 0.5) is 5.69 Å². The summed E-state index contributed by atoms with van der Waals surface area (Å²) in [5, 5.41) is 19.7. The molecule has 0 aliphatic rings. The molecule has 3 rings (SSSR count). The quantitative estimate of drug-likeness (QED) is 0.257. The number of nitro groups is 1. The number of ether oxygens (including phenoxy) is 1. The van der Waals surface area contributed by atoms with Crippen molar-refractivity contribution in [2.45, 2.75) is 13.0 Å². The van der Waals surface area contributed by atoms with E-state index in [-0.39, 0.29) is 36.4 Å². The van der Waals surface area contributed by atoms with Crippen molar-refractivity contribution in [1.82, 2.24) is 20.8 Å². The largest absolute Gasteiger partial charge is 0.481 e. The predicted molar refractivity (Wildman–Crippen MR) is 116 cm³/mol. The first kappa shape index (κ1) is 22.9. The molecule has 166 valence electrons. The molecule has 1 heterocycles. The van der Waals surface area contributed by atoms with Crippen molar-refractivity contribution < 1.29 is 23.8 Å². The number of halogens is 1. The second-order valence-corrected chi connectivity index (χ2v) is 7.41. The van der Waals surface area contributed by atoms with Crippen LogP contribution >= 0.6 is 15.9 Å². The van der Waals surface area contributed by atoms with Gasteiger partial charge in [0.2, 0.25) is 5.82 Å². The summed E-state index contributed by atoms with van der Waals surface area (Å²) in [5.74, 6) is -0.687. The molecule has 3 aromatic rings. The minimum absolute atomic E-state index is 0.0469. The van der Waals surface area contributed by atoms with Gasteiger partial charge in [-0.15, -0.1) is 0 Å². The smallest absolute Gasteiger partial charge is 0.316 e. The van der Waals surface area contributed by atoms with Gasteiger partial charge in [0.1, 0.15) is 5.75 Å². The molecule has 0 aliphatic heterocycles. The van der Waals surface area contributed by atoms with Gasteiger partial charge in [-0.2, -0.15) is 4.98 Å². The van der Waals surface area contributed by atoms with Crippen LogP contribution < -0.4 is 15.4 Å². The summed E-state index contributed by atoms with van der Waals surface area (Å²) in [7, 11) is 0. The predicted octanol–water partition coefficient (Wildman–Crippen LogP) is 2.72. The average molecular weight is 504 g/mol. The third kappa shape index (κ3) is 6.11. The van der Waals surface area contributed by atoms with Gasteiger partial charge in [-0.25, -0.2) is 0 Å². The second kappa shape index (κ2) is 10.5. The highest BCUT2D eigenvalue weighted by Crippen LogP contribution is 2.21. The molecule has 0 saturated heterocycles. The first-order valence-corrected chi connectivity index (χ1v) is 10.2. The highest BCUT2D eigenvalue weighted by atomic mass is 79.9. The molecule has 0 spiro atoms. The Balaban J connectivity index is 1.45. The van der Waals surface area contributed by atoms with Gasteiger partial charge in [0.05, 0.1) is 4.92 Å². The molecule has 2 amide bonds. The molecule has 0 aliphatic carbocycles. The van der Waals surface area contributed by atoms with Gasteiger partial charge in [-0.05, 0) is 25.1 Å². The SMILES string of the molecule is CC(Oc1cccc(Br)c1)C(=O)NCCNC(=O)c1nc(-c2cccc([N+](=O)[O-])c2)no1. The third-order valence-electron chi connectivity index (χ3n) is 4.12. The highest BCUT2D eigenvalue weighted by Gasteiger charge is 2.18. The van der Waals surface area contributed by atoms with Crippen LogP contribution in [-0.2, 0) is 4.79 Å². The van der Waals surface area contributed by atoms with Crippen molar-refractivity contribution in [3.63, 3.8) is 0 Å². The van der Waals surface area contributed by atoms with Crippen molar-refractivity contribution in [3.8, 4) is 17.1 Å². The van der Waals surface area contributed by atoms with Crippen LogP contribution in [0.1, 0.15) is 17.6 Å². The highest BCUT2D eigenvalue weighted by molar-refractivity contribution is 9.10. The topological polar surface area (TPSA) is 149 Å². The van der Waals surface area contributed by atoms with E-state index in [1.54, 1.807) is 31.2 Å². The zero-order valence-corrected chi connectivity index (χ0v) is 18.4. The Kier molecular flexibility index (Phi) is 7.49. The number of hydrogen-bond acceptors (Lipinski definition) is 8. The Morgan fingerprint density at radius 1 is 1.19 bits per heavy atom. The normalized spacial score (nSPS) is 11.4. The molecule has 0 fully saturated rings. The van der Waals surface area contributed by atoms with Gasteiger partial charge in [0.15, 0.2) is 6.10 Å². The summed E-state index contributed by atoms with van der Waals surface area (Å²) in [4.78, 5) is 38.6. The summed E-state index contributed by atoms with van der Waals surface area (Å²) in [6, 6.07) is 12.8. The van der Waals surface area contributed by atoms with Gasteiger partial charge in [-0.1, -0.05) is 39.3 Å². The van der Waals surface area contributed by atoms with E-state index < -0.39 is 16.9 Å². The molecule has 0 radical (unpaired) electrons. The Labute approximate surface area is 190 Å². The number of amides is 2. The fourth-order valence-corrected chi connectivity index (χ4v) is 2.95. The number of hydrogen-bond donors (Lipinski definition) is 2. The molecule has 2 aromatic carbocycles. The van der Waals surface area contributed by atoms with Crippen LogP contribution in [0.25, 0.3) is 11.4 Å². The van der Waals surface area contributed by atoms with Crippen molar-refractivity contribution >= 4 is 33.4 Å². The second-order valence-electron chi connectivity index (χ2n) is 6.49. The minimum atomic E-state index is -0.728. The van der Waals surface area contributed by atoms with Crippen LogP contribution in [0.2, 0.25) is 0 Å². The van der Waals surface area contributed by atoms with Crippen molar-refractivity contribution in [1.29, 1.82) is 0 Å². The molecule has 1 aromatic heterocycles. The van der Waals surface area contributed by atoms with E-state index in [0.717, 1.165) is 4.47 Å². The number of carbonyl (C=O) groups excluding carboxylic acids is 2. The Morgan fingerprint density at radius 3 is 2.69 bits per heavy atom. The van der Waals surface area contributed by atoms with Gasteiger partial charge < -0.3 is 19.9 Å². The fraction of sp³-hybridized carbons (Fsp3) is 0.200. The number of aromatic nitrogens is 2. The van der Waals surface area contributed by atoms with Gasteiger partial charge in [0.25, 0.3) is 11.6 Å². The summed E-state index contributed by atoms with van der Waals surface area (Å²) in [5.41, 5.74) is 0.209. The lowest BCUT2D eigenvalue weighted by molar-refractivity contribution is -0.384. The number of nitrogens with one attached hydrogen (secondary N) is 2. The zero-order valence-electron chi connectivity index (χ0n) is 16.8. The number of benzene rings is 2. The van der Waals surface area contributed by atoms with Crippen LogP contribution in [0.3, 0.4) is 0 Å². The summed E-state index contributed by atoms with van der Waals surface area (Å²) >= 11 is 3.33. The molecule has 1 atom stereocenters. The van der Waals surface area contributed by atoms with E-state index >= 15 is 0 Å². The average Bonchev–Trinajstić information content (AvgIpc) is 3.27. The van der Waals surface area contributed by atoms with Gasteiger partial charge >= 0.3 is 11.8 Å². The maximum atomic E-state index is 12.2. The minimum Gasteiger partial charge on any atom is -0.481 e. The fourth-order valence-electron chi connectivity index (χ4n) is 2.57. The lowest BCUT2D eigenvalue weighted by atomic mass is 10.2. The maximum Gasteiger partial charge on any atom is 0.316 e. The first-order chi connectivity index (χ1) is 15.3. The molecule has 12 heteroatoms. The van der Waals surface area contributed by atoms with E-state index in [1.165, 1.54) is 18.2 Å². The molecule has 1 unspecified atom stereocenters.